The minimum absolute atomic E-state index is 0. The van der Waals surface area contributed by atoms with Gasteiger partial charge in [-0.15, -0.1) is 24.8 Å². The smallest absolute Gasteiger partial charge is 0.0558 e. The van der Waals surface area contributed by atoms with Crippen LogP contribution in [0.1, 0.15) is 13.8 Å². The first-order chi connectivity index (χ1) is 11.6. The van der Waals surface area contributed by atoms with E-state index in [1.165, 1.54) is 0 Å². The molecular formula is C16H40Cl2N2O6. The predicted molar refractivity (Wildman–Crippen MR) is 110 cm³/mol. The lowest BCUT2D eigenvalue weighted by atomic mass is 10.4. The van der Waals surface area contributed by atoms with Crippen LogP contribution in [0.5, 0.6) is 0 Å². The second kappa shape index (κ2) is 36.0. The van der Waals surface area contributed by atoms with E-state index in [1.807, 2.05) is 26.0 Å². The molecule has 0 unspecified atom stereocenters. The van der Waals surface area contributed by atoms with Crippen LogP contribution >= 0.6 is 24.8 Å². The molecule has 0 aromatic heterocycles. The van der Waals surface area contributed by atoms with Gasteiger partial charge in [0, 0.05) is 39.3 Å². The van der Waals surface area contributed by atoms with E-state index in [1.54, 1.807) is 9.80 Å². The predicted octanol–water partition coefficient (Wildman–Crippen LogP) is -1.04. The highest BCUT2D eigenvalue weighted by Gasteiger charge is 2.01. The summed E-state index contributed by atoms with van der Waals surface area (Å²) in [6.07, 6.45) is 4.00. The van der Waals surface area contributed by atoms with E-state index in [4.69, 9.17) is 30.6 Å². The van der Waals surface area contributed by atoms with E-state index in [0.717, 1.165) is 0 Å². The standard InChI is InChI=1S/2C6H15NO3.C4H8.2ClH/c2*8-4-1-7(2-5-9)3-6-10;1-3-4-2;;/h2*8-10H,1-6H2;3-4H,1-2H3;2*1H. The fraction of sp³-hybridized carbons (Fsp3) is 0.875. The molecule has 164 valence electrons. The topological polar surface area (TPSA) is 128 Å². The first-order valence-electron chi connectivity index (χ1n) is 8.28. The van der Waals surface area contributed by atoms with Crippen LogP contribution < -0.4 is 0 Å². The molecular weight excluding hydrogens is 387 g/mol. The van der Waals surface area contributed by atoms with Crippen LogP contribution in [-0.2, 0) is 0 Å². The highest BCUT2D eigenvalue weighted by Crippen LogP contribution is 1.84. The molecule has 0 saturated heterocycles. The molecule has 26 heavy (non-hydrogen) atoms. The summed E-state index contributed by atoms with van der Waals surface area (Å²) in [6, 6.07) is 0. The highest BCUT2D eigenvalue weighted by molar-refractivity contribution is 5.85. The van der Waals surface area contributed by atoms with Crippen molar-refractivity contribution >= 4 is 24.8 Å². The van der Waals surface area contributed by atoms with Crippen molar-refractivity contribution in [2.24, 2.45) is 0 Å². The summed E-state index contributed by atoms with van der Waals surface area (Å²) < 4.78 is 0. The number of aliphatic hydroxyl groups excluding tert-OH is 6. The maximum atomic E-state index is 8.48. The Morgan fingerprint density at radius 2 is 0.615 bits per heavy atom. The summed E-state index contributed by atoms with van der Waals surface area (Å²) in [4.78, 5) is 3.58. The average Bonchev–Trinajstić information content (AvgIpc) is 2.57. The molecule has 0 aliphatic heterocycles. The molecule has 0 amide bonds. The quantitative estimate of drug-likeness (QED) is 0.218. The molecule has 0 aromatic carbocycles. The Kier molecular flexibility index (Phi) is 51.0. The third kappa shape index (κ3) is 35.2. The zero-order valence-corrected chi connectivity index (χ0v) is 17.7. The molecule has 0 spiro atoms. The molecule has 6 N–H and O–H groups in total. The zero-order chi connectivity index (χ0) is 19.1. The number of nitrogens with zero attached hydrogens (tertiary/aromatic N) is 2. The van der Waals surface area contributed by atoms with Crippen LogP contribution in [0.25, 0.3) is 0 Å². The average molecular weight is 427 g/mol. The SMILES string of the molecule is CC=CC.Cl.Cl.OCCN(CCO)CCO.OCCN(CCO)CCO. The van der Waals surface area contributed by atoms with Crippen LogP contribution in [0.3, 0.4) is 0 Å². The maximum absolute atomic E-state index is 8.48. The Balaban J connectivity index is -0.0000000883. The Morgan fingerprint density at radius 1 is 0.462 bits per heavy atom. The van der Waals surface area contributed by atoms with E-state index in [2.05, 4.69) is 0 Å². The lowest BCUT2D eigenvalue weighted by Crippen LogP contribution is -2.32. The Labute approximate surface area is 170 Å². The Morgan fingerprint density at radius 3 is 0.692 bits per heavy atom. The minimum Gasteiger partial charge on any atom is -0.395 e. The number of halogens is 2. The third-order valence-electron chi connectivity index (χ3n) is 2.83. The molecule has 0 atom stereocenters. The lowest BCUT2D eigenvalue weighted by molar-refractivity contribution is 0.136. The summed E-state index contributed by atoms with van der Waals surface area (Å²) in [6.45, 7) is 7.51. The third-order valence-corrected chi connectivity index (χ3v) is 2.83. The number of aliphatic hydroxyl groups is 6. The fourth-order valence-electron chi connectivity index (χ4n) is 1.52. The summed E-state index contributed by atoms with van der Waals surface area (Å²) >= 11 is 0. The van der Waals surface area contributed by atoms with E-state index < -0.39 is 0 Å². The van der Waals surface area contributed by atoms with Crippen LogP contribution in [0.2, 0.25) is 0 Å². The van der Waals surface area contributed by atoms with Crippen molar-refractivity contribution in [3.63, 3.8) is 0 Å². The molecule has 8 nitrogen and oxygen atoms in total. The molecule has 0 bridgehead atoms. The maximum Gasteiger partial charge on any atom is 0.0558 e. The van der Waals surface area contributed by atoms with Crippen molar-refractivity contribution in [2.45, 2.75) is 13.8 Å². The molecule has 0 fully saturated rings. The molecule has 0 aromatic rings. The van der Waals surface area contributed by atoms with Crippen molar-refractivity contribution in [3.8, 4) is 0 Å². The van der Waals surface area contributed by atoms with Gasteiger partial charge in [-0.3, -0.25) is 9.80 Å². The van der Waals surface area contributed by atoms with Gasteiger partial charge >= 0.3 is 0 Å². The Bertz CT molecular complexity index is 192. The van der Waals surface area contributed by atoms with Gasteiger partial charge in [-0.1, -0.05) is 12.2 Å². The molecule has 0 aliphatic carbocycles. The minimum atomic E-state index is 0. The molecule has 0 aliphatic rings. The van der Waals surface area contributed by atoms with Crippen molar-refractivity contribution < 1.29 is 30.6 Å². The Hall–Kier alpha value is -0.0000000000000000694. The largest absolute Gasteiger partial charge is 0.395 e. The van der Waals surface area contributed by atoms with Crippen LogP contribution in [0.15, 0.2) is 12.2 Å². The summed E-state index contributed by atoms with van der Waals surface area (Å²) in [5.74, 6) is 0. The number of hydrogen-bond acceptors (Lipinski definition) is 8. The van der Waals surface area contributed by atoms with Crippen LogP contribution in [0.4, 0.5) is 0 Å². The lowest BCUT2D eigenvalue weighted by Gasteiger charge is -2.17. The monoisotopic (exact) mass is 426 g/mol. The van der Waals surface area contributed by atoms with E-state index in [9.17, 15) is 0 Å². The van der Waals surface area contributed by atoms with Gasteiger partial charge in [0.25, 0.3) is 0 Å². The van der Waals surface area contributed by atoms with Crippen molar-refractivity contribution in [1.82, 2.24) is 9.80 Å². The van der Waals surface area contributed by atoms with Crippen LogP contribution in [-0.4, -0.2) is 119 Å². The van der Waals surface area contributed by atoms with Crippen LogP contribution in [0, 0.1) is 0 Å². The van der Waals surface area contributed by atoms with E-state index in [-0.39, 0.29) is 64.5 Å². The highest BCUT2D eigenvalue weighted by atomic mass is 35.5. The second-order valence-corrected chi connectivity index (χ2v) is 4.69. The van der Waals surface area contributed by atoms with Crippen molar-refractivity contribution in [1.29, 1.82) is 0 Å². The van der Waals surface area contributed by atoms with Gasteiger partial charge in [-0.25, -0.2) is 0 Å². The summed E-state index contributed by atoms with van der Waals surface area (Å²) in [7, 11) is 0. The van der Waals surface area contributed by atoms with Gasteiger partial charge in [0.05, 0.1) is 39.6 Å². The summed E-state index contributed by atoms with van der Waals surface area (Å²) in [5, 5.41) is 50.9. The normalized spacial score (nSPS) is 9.77. The van der Waals surface area contributed by atoms with E-state index >= 15 is 0 Å². The zero-order valence-electron chi connectivity index (χ0n) is 16.0. The van der Waals surface area contributed by atoms with Gasteiger partial charge in [0.1, 0.15) is 0 Å². The van der Waals surface area contributed by atoms with Gasteiger partial charge in [0.2, 0.25) is 0 Å². The number of hydrogen-bond donors (Lipinski definition) is 6. The van der Waals surface area contributed by atoms with Gasteiger partial charge in [0.15, 0.2) is 0 Å². The first-order valence-corrected chi connectivity index (χ1v) is 8.28. The van der Waals surface area contributed by atoms with Crippen molar-refractivity contribution in [3.05, 3.63) is 12.2 Å². The summed E-state index contributed by atoms with van der Waals surface area (Å²) in [5.41, 5.74) is 0. The fourth-order valence-corrected chi connectivity index (χ4v) is 1.52. The molecule has 0 radical (unpaired) electrons. The van der Waals surface area contributed by atoms with Gasteiger partial charge in [-0.2, -0.15) is 0 Å². The number of allylic oxidation sites excluding steroid dienone is 2. The van der Waals surface area contributed by atoms with E-state index in [0.29, 0.717) is 39.3 Å². The second-order valence-electron chi connectivity index (χ2n) is 4.69. The first kappa shape index (κ1) is 36.8. The molecule has 0 heterocycles. The molecule has 0 rings (SSSR count). The molecule has 10 heteroatoms. The van der Waals surface area contributed by atoms with Gasteiger partial charge < -0.3 is 30.6 Å². The molecule has 0 saturated carbocycles. The number of rotatable bonds is 12. The van der Waals surface area contributed by atoms with Gasteiger partial charge in [-0.05, 0) is 13.8 Å². The van der Waals surface area contributed by atoms with Crippen molar-refractivity contribution in [2.75, 3.05) is 78.9 Å².